The molecule has 0 saturated carbocycles. The molecule has 0 aromatic rings. The van der Waals surface area contributed by atoms with Crippen LogP contribution in [0.15, 0.2) is 0 Å². The van der Waals surface area contributed by atoms with Gasteiger partial charge in [-0.2, -0.15) is 0 Å². The third-order valence-electron chi connectivity index (χ3n) is 0.310. The molecule has 1 saturated heterocycles. The van der Waals surface area contributed by atoms with E-state index in [0.29, 0.717) is 5.08 Å². The summed E-state index contributed by atoms with van der Waals surface area (Å²) in [6.45, 7) is 0. The molecule has 0 aromatic carbocycles. The first-order valence-corrected chi connectivity index (χ1v) is 5.23. The van der Waals surface area contributed by atoms with Gasteiger partial charge in [-0.25, -0.2) is 4.21 Å². The normalized spacial score (nSPS) is 48.8. The fraction of sp³-hybridized carbons (Fsp3) is 1.00. The van der Waals surface area contributed by atoms with Crippen LogP contribution in [0.4, 0.5) is 0 Å². The third kappa shape index (κ3) is 1.07. The predicted molar refractivity (Wildman–Crippen MR) is 28.0 cm³/mol. The first-order chi connectivity index (χ1) is 2.21. The fourth-order valence-corrected chi connectivity index (χ4v) is 2.12. The van der Waals surface area contributed by atoms with Gasteiger partial charge in [0.15, 0.2) is 0 Å². The molecule has 0 N–H and O–H groups in total. The molecule has 0 aliphatic carbocycles. The van der Waals surface area contributed by atoms with Crippen LogP contribution in [0.5, 0.6) is 0 Å². The van der Waals surface area contributed by atoms with Crippen LogP contribution in [0, 0.1) is 0 Å². The van der Waals surface area contributed by atoms with E-state index < -0.39 is 7.52 Å². The van der Waals surface area contributed by atoms with E-state index in [2.05, 4.69) is 11.2 Å². The van der Waals surface area contributed by atoms with Gasteiger partial charge < -0.3 is 0 Å². The van der Waals surface area contributed by atoms with Gasteiger partial charge in [-0.05, 0) is 22.0 Å². The van der Waals surface area contributed by atoms with Crippen LogP contribution in [-0.2, 0) is 18.7 Å². The van der Waals surface area contributed by atoms with Gasteiger partial charge in [-0.3, -0.25) is 0 Å². The van der Waals surface area contributed by atoms with Gasteiger partial charge in [0.25, 0.3) is 0 Å². The zero-order chi connectivity index (χ0) is 3.91. The van der Waals surface area contributed by atoms with Gasteiger partial charge in [0.2, 0.25) is 0 Å². The Labute approximate surface area is 39.2 Å². The zero-order valence-corrected chi connectivity index (χ0v) is 4.79. The Bertz CT molecular complexity index is 110. The van der Waals surface area contributed by atoms with E-state index in [0.717, 1.165) is 0 Å². The van der Waals surface area contributed by atoms with Gasteiger partial charge in [-0.15, -0.1) is 0 Å². The molecular formula is CH2OS3. The Morgan fingerprint density at radius 2 is 2.20 bits per heavy atom. The Morgan fingerprint density at radius 3 is 2.20 bits per heavy atom. The second kappa shape index (κ2) is 0.859. The number of hydrogen-bond donors (Lipinski definition) is 0. The maximum Gasteiger partial charge on any atom is 0.0941 e. The molecule has 5 heavy (non-hydrogen) atoms. The SMILES string of the molecule is O=S1(=S)CS1. The van der Waals surface area contributed by atoms with Crippen LogP contribution in [0.1, 0.15) is 0 Å². The Kier molecular flexibility index (Phi) is 0.669. The zero-order valence-electron chi connectivity index (χ0n) is 2.34. The topological polar surface area (TPSA) is 17.1 Å². The maximum absolute atomic E-state index is 10.1. The second-order valence-electron chi connectivity index (χ2n) is 0.793. The number of rotatable bonds is 0. The Balaban J connectivity index is 3.15. The highest BCUT2D eigenvalue weighted by Gasteiger charge is 2.21. The largest absolute Gasteiger partial charge is 0.245 e. The molecule has 1 fully saturated rings. The molecule has 1 heterocycles. The Hall–Kier alpha value is 0.720. The predicted octanol–water partition coefficient (Wildman–Crippen LogP) is 0.352. The average Bonchev–Trinajstić information content (AvgIpc) is 1.76. The van der Waals surface area contributed by atoms with Crippen molar-refractivity contribution >= 4 is 29.5 Å². The summed E-state index contributed by atoms with van der Waals surface area (Å²) in [5, 5.41) is 0.711. The standard InChI is InChI=1S/CH2OS3/c2-5(3)1-4-5/h1H2. The van der Waals surface area contributed by atoms with Crippen molar-refractivity contribution in [3.05, 3.63) is 0 Å². The fourth-order valence-electron chi connectivity index (χ4n) is 0.0393. The van der Waals surface area contributed by atoms with E-state index in [1.807, 2.05) is 0 Å². The van der Waals surface area contributed by atoms with Crippen molar-refractivity contribution in [2.45, 2.75) is 0 Å². The minimum Gasteiger partial charge on any atom is -0.245 e. The Morgan fingerprint density at radius 1 is 2.00 bits per heavy atom. The maximum atomic E-state index is 10.1. The summed E-state index contributed by atoms with van der Waals surface area (Å²) in [6, 6.07) is 0. The molecule has 1 aliphatic rings. The van der Waals surface area contributed by atoms with Crippen molar-refractivity contribution in [3.8, 4) is 0 Å². The first kappa shape index (κ1) is 3.89. The second-order valence-corrected chi connectivity index (χ2v) is 7.66. The van der Waals surface area contributed by atoms with E-state index in [9.17, 15) is 4.21 Å². The molecule has 30 valence electrons. The molecule has 1 rings (SSSR count). The van der Waals surface area contributed by atoms with Gasteiger partial charge in [-0.1, -0.05) is 0 Å². The summed E-state index contributed by atoms with van der Waals surface area (Å²) in [7, 11) is -0.299. The number of hydrogen-bond acceptors (Lipinski definition) is 3. The molecule has 4 heteroatoms. The van der Waals surface area contributed by atoms with Crippen LogP contribution in [0.2, 0.25) is 0 Å². The quantitative estimate of drug-likeness (QED) is 0.344. The van der Waals surface area contributed by atoms with E-state index in [4.69, 9.17) is 0 Å². The van der Waals surface area contributed by atoms with Crippen molar-refractivity contribution in [1.82, 2.24) is 0 Å². The molecular weight excluding hydrogens is 124 g/mol. The molecule has 1 aliphatic heterocycles. The lowest BCUT2D eigenvalue weighted by Crippen LogP contribution is -1.54. The molecule has 0 aromatic heterocycles. The lowest BCUT2D eigenvalue weighted by atomic mass is 11.9. The molecule has 0 radical (unpaired) electrons. The van der Waals surface area contributed by atoms with Crippen molar-refractivity contribution < 1.29 is 4.21 Å². The lowest BCUT2D eigenvalue weighted by molar-refractivity contribution is 0.695. The summed E-state index contributed by atoms with van der Waals surface area (Å²) in [6.07, 6.45) is 0. The summed E-state index contributed by atoms with van der Waals surface area (Å²) >= 11 is 4.43. The minimum atomic E-state index is -1.67. The van der Waals surface area contributed by atoms with Gasteiger partial charge in [0.05, 0.1) is 12.6 Å². The van der Waals surface area contributed by atoms with Gasteiger partial charge >= 0.3 is 0 Å². The summed E-state index contributed by atoms with van der Waals surface area (Å²) in [5.41, 5.74) is 0. The monoisotopic (exact) mass is 126 g/mol. The van der Waals surface area contributed by atoms with Crippen molar-refractivity contribution in [3.63, 3.8) is 0 Å². The van der Waals surface area contributed by atoms with Gasteiger partial charge in [0.1, 0.15) is 0 Å². The molecule has 0 amide bonds. The van der Waals surface area contributed by atoms with Gasteiger partial charge in [0, 0.05) is 0 Å². The highest BCUT2D eigenvalue weighted by atomic mass is 33.4. The van der Waals surface area contributed by atoms with Crippen LogP contribution in [0.3, 0.4) is 0 Å². The smallest absolute Gasteiger partial charge is 0.0941 e. The summed E-state index contributed by atoms with van der Waals surface area (Å²) < 4.78 is 10.1. The van der Waals surface area contributed by atoms with E-state index in [1.54, 1.807) is 0 Å². The average molecular weight is 126 g/mol. The first-order valence-electron chi connectivity index (χ1n) is 1.08. The van der Waals surface area contributed by atoms with Crippen molar-refractivity contribution in [2.24, 2.45) is 0 Å². The highest BCUT2D eigenvalue weighted by molar-refractivity contribution is 8.99. The van der Waals surface area contributed by atoms with Crippen LogP contribution in [-0.4, -0.2) is 9.29 Å². The highest BCUT2D eigenvalue weighted by Crippen LogP contribution is 2.32. The minimum absolute atomic E-state index is 0.711. The van der Waals surface area contributed by atoms with Crippen molar-refractivity contribution in [1.29, 1.82) is 0 Å². The van der Waals surface area contributed by atoms with Crippen LogP contribution < -0.4 is 0 Å². The summed E-state index contributed by atoms with van der Waals surface area (Å²) in [4.78, 5) is 0. The molecule has 1 nitrogen and oxygen atoms in total. The molecule has 0 spiro atoms. The molecule has 0 bridgehead atoms. The lowest BCUT2D eigenvalue weighted by Gasteiger charge is -1.46. The van der Waals surface area contributed by atoms with Crippen LogP contribution in [0.25, 0.3) is 0 Å². The van der Waals surface area contributed by atoms with E-state index in [1.165, 1.54) is 10.8 Å². The van der Waals surface area contributed by atoms with Crippen molar-refractivity contribution in [2.75, 3.05) is 5.08 Å². The molecule has 1 atom stereocenters. The summed E-state index contributed by atoms with van der Waals surface area (Å²) in [5.74, 6) is 0. The van der Waals surface area contributed by atoms with Crippen LogP contribution >= 0.6 is 10.8 Å². The third-order valence-corrected chi connectivity index (χ3v) is 4.52. The molecule has 1 unspecified atom stereocenters. The van der Waals surface area contributed by atoms with E-state index >= 15 is 0 Å². The van der Waals surface area contributed by atoms with E-state index in [-0.39, 0.29) is 0 Å².